The molecule has 6 heteroatoms. The second kappa shape index (κ2) is 6.76. The van der Waals surface area contributed by atoms with Crippen molar-refractivity contribution in [1.29, 1.82) is 0 Å². The molecule has 0 radical (unpaired) electrons. The van der Waals surface area contributed by atoms with E-state index in [1.807, 2.05) is 24.3 Å². The quantitative estimate of drug-likeness (QED) is 0.693. The zero-order valence-corrected chi connectivity index (χ0v) is 16.1. The van der Waals surface area contributed by atoms with Gasteiger partial charge in [0.15, 0.2) is 0 Å². The molecule has 0 unspecified atom stereocenters. The number of fused-ring (bicyclic) bond motifs is 3. The van der Waals surface area contributed by atoms with E-state index in [4.69, 9.17) is 4.42 Å². The molecule has 3 aromatic rings. The Hall–Kier alpha value is -2.63. The van der Waals surface area contributed by atoms with E-state index in [1.165, 1.54) is 23.7 Å². The van der Waals surface area contributed by atoms with Crippen LogP contribution in [-0.4, -0.2) is 32.4 Å². The van der Waals surface area contributed by atoms with Crippen LogP contribution in [0.5, 0.6) is 0 Å². The van der Waals surface area contributed by atoms with Gasteiger partial charge in [0.05, 0.1) is 6.33 Å². The SMILES string of the molecule is CC1CCC(N(C(=O)Cn2cnc3c(oc4ccccc43)c2=O)C2CC2)CC1. The molecule has 0 saturated heterocycles. The highest BCUT2D eigenvalue weighted by atomic mass is 16.3. The molecule has 28 heavy (non-hydrogen) atoms. The van der Waals surface area contributed by atoms with Crippen LogP contribution in [-0.2, 0) is 11.3 Å². The van der Waals surface area contributed by atoms with E-state index >= 15 is 0 Å². The number of aromatic nitrogens is 2. The fraction of sp³-hybridized carbons (Fsp3) is 0.500. The van der Waals surface area contributed by atoms with Crippen molar-refractivity contribution < 1.29 is 9.21 Å². The van der Waals surface area contributed by atoms with Gasteiger partial charge in [-0.05, 0) is 56.6 Å². The number of carbonyl (C=O) groups is 1. The molecule has 0 bridgehead atoms. The second-order valence-electron chi connectivity index (χ2n) is 8.40. The van der Waals surface area contributed by atoms with E-state index < -0.39 is 0 Å². The first-order valence-electron chi connectivity index (χ1n) is 10.3. The highest BCUT2D eigenvalue weighted by Crippen LogP contribution is 2.35. The molecule has 0 N–H and O–H groups in total. The van der Waals surface area contributed by atoms with Crippen LogP contribution in [0.25, 0.3) is 22.1 Å². The number of rotatable bonds is 4. The topological polar surface area (TPSA) is 68.3 Å². The van der Waals surface area contributed by atoms with Gasteiger partial charge in [0.1, 0.15) is 17.6 Å². The lowest BCUT2D eigenvalue weighted by Crippen LogP contribution is -2.46. The Morgan fingerprint density at radius 2 is 1.82 bits per heavy atom. The van der Waals surface area contributed by atoms with E-state index in [0.29, 0.717) is 23.2 Å². The zero-order chi connectivity index (χ0) is 19.3. The molecule has 5 rings (SSSR count). The summed E-state index contributed by atoms with van der Waals surface area (Å²) in [5.41, 5.74) is 1.13. The average molecular weight is 379 g/mol. The molecule has 2 saturated carbocycles. The van der Waals surface area contributed by atoms with Crippen molar-refractivity contribution in [3.05, 3.63) is 40.9 Å². The van der Waals surface area contributed by atoms with Gasteiger partial charge in [0.25, 0.3) is 5.56 Å². The highest BCUT2D eigenvalue weighted by molar-refractivity contribution is 6.01. The summed E-state index contributed by atoms with van der Waals surface area (Å²) in [6.45, 7) is 2.31. The minimum absolute atomic E-state index is 0.0291. The number of nitrogens with zero attached hydrogens (tertiary/aromatic N) is 3. The first-order chi connectivity index (χ1) is 13.6. The Labute approximate surface area is 163 Å². The highest BCUT2D eigenvalue weighted by Gasteiger charge is 2.38. The van der Waals surface area contributed by atoms with Gasteiger partial charge in [-0.3, -0.25) is 14.2 Å². The van der Waals surface area contributed by atoms with E-state index in [1.54, 1.807) is 0 Å². The van der Waals surface area contributed by atoms with Gasteiger partial charge in [-0.2, -0.15) is 0 Å². The largest absolute Gasteiger partial charge is 0.448 e. The number of amides is 1. The molecule has 0 atom stereocenters. The van der Waals surface area contributed by atoms with Crippen molar-refractivity contribution >= 4 is 28.0 Å². The predicted octanol–water partition coefficient (Wildman–Crippen LogP) is 3.71. The summed E-state index contributed by atoms with van der Waals surface area (Å²) in [4.78, 5) is 32.6. The van der Waals surface area contributed by atoms with Crippen LogP contribution in [0.15, 0.2) is 39.8 Å². The van der Waals surface area contributed by atoms with Gasteiger partial charge in [-0.1, -0.05) is 19.1 Å². The van der Waals surface area contributed by atoms with E-state index in [-0.39, 0.29) is 23.6 Å². The van der Waals surface area contributed by atoms with Crippen LogP contribution in [0.2, 0.25) is 0 Å². The van der Waals surface area contributed by atoms with E-state index in [0.717, 1.165) is 37.0 Å². The lowest BCUT2D eigenvalue weighted by molar-refractivity contribution is -0.135. The lowest BCUT2D eigenvalue weighted by atomic mass is 9.86. The molecule has 2 fully saturated rings. The standard InChI is InChI=1S/C22H25N3O3/c1-14-6-8-15(9-7-14)25(16-10-11-16)19(26)12-24-13-23-20-17-4-2-3-5-18(17)28-21(20)22(24)27/h2-5,13-16H,6-12H2,1H3. The summed E-state index contributed by atoms with van der Waals surface area (Å²) in [5.74, 6) is 0.774. The maximum Gasteiger partial charge on any atom is 0.297 e. The van der Waals surface area contributed by atoms with Crippen molar-refractivity contribution in [2.24, 2.45) is 5.92 Å². The molecule has 2 aliphatic rings. The van der Waals surface area contributed by atoms with Crippen LogP contribution < -0.4 is 5.56 Å². The van der Waals surface area contributed by atoms with E-state index in [9.17, 15) is 9.59 Å². The van der Waals surface area contributed by atoms with Gasteiger partial charge in [0.2, 0.25) is 11.5 Å². The molecule has 1 aromatic carbocycles. The molecule has 2 heterocycles. The minimum Gasteiger partial charge on any atom is -0.448 e. The Bertz CT molecular complexity index is 1090. The zero-order valence-electron chi connectivity index (χ0n) is 16.1. The summed E-state index contributed by atoms with van der Waals surface area (Å²) in [6, 6.07) is 8.14. The molecule has 1 amide bonds. The Morgan fingerprint density at radius 1 is 1.14 bits per heavy atom. The second-order valence-corrected chi connectivity index (χ2v) is 8.40. The Morgan fingerprint density at radius 3 is 2.54 bits per heavy atom. The van der Waals surface area contributed by atoms with Crippen molar-refractivity contribution in [3.8, 4) is 0 Å². The summed E-state index contributed by atoms with van der Waals surface area (Å²) in [5, 5.41) is 0.823. The van der Waals surface area contributed by atoms with Gasteiger partial charge in [0, 0.05) is 17.5 Å². The fourth-order valence-corrected chi connectivity index (χ4v) is 4.53. The van der Waals surface area contributed by atoms with Gasteiger partial charge in [-0.15, -0.1) is 0 Å². The summed E-state index contributed by atoms with van der Waals surface area (Å²) in [7, 11) is 0. The maximum absolute atomic E-state index is 13.1. The Balaban J connectivity index is 1.43. The van der Waals surface area contributed by atoms with Crippen molar-refractivity contribution in [1.82, 2.24) is 14.5 Å². The molecule has 0 spiro atoms. The van der Waals surface area contributed by atoms with Crippen LogP contribution >= 0.6 is 0 Å². The number of carbonyl (C=O) groups excluding carboxylic acids is 1. The van der Waals surface area contributed by atoms with Gasteiger partial charge >= 0.3 is 0 Å². The molecule has 6 nitrogen and oxygen atoms in total. The van der Waals surface area contributed by atoms with Crippen molar-refractivity contribution in [2.45, 2.75) is 64.1 Å². The number of furan rings is 1. The summed E-state index contributed by atoms with van der Waals surface area (Å²) >= 11 is 0. The van der Waals surface area contributed by atoms with Crippen LogP contribution in [0.1, 0.15) is 45.4 Å². The Kier molecular flexibility index (Phi) is 4.22. The smallest absolute Gasteiger partial charge is 0.297 e. The summed E-state index contributed by atoms with van der Waals surface area (Å²) < 4.78 is 7.13. The summed E-state index contributed by atoms with van der Waals surface area (Å²) in [6.07, 6.45) is 8.12. The number of hydrogen-bond donors (Lipinski definition) is 0. The van der Waals surface area contributed by atoms with Crippen molar-refractivity contribution in [2.75, 3.05) is 0 Å². The third-order valence-electron chi connectivity index (χ3n) is 6.26. The number of para-hydroxylation sites is 1. The maximum atomic E-state index is 13.1. The van der Waals surface area contributed by atoms with Crippen LogP contribution in [0.4, 0.5) is 0 Å². The molecule has 0 aliphatic heterocycles. The predicted molar refractivity (Wildman–Crippen MR) is 107 cm³/mol. The average Bonchev–Trinajstić information content (AvgIpc) is 3.45. The molecular formula is C22H25N3O3. The number of hydrogen-bond acceptors (Lipinski definition) is 4. The fourth-order valence-electron chi connectivity index (χ4n) is 4.53. The van der Waals surface area contributed by atoms with Gasteiger partial charge in [-0.25, -0.2) is 4.98 Å². The molecule has 2 aliphatic carbocycles. The van der Waals surface area contributed by atoms with E-state index in [2.05, 4.69) is 16.8 Å². The first-order valence-corrected chi connectivity index (χ1v) is 10.3. The number of benzene rings is 1. The van der Waals surface area contributed by atoms with Crippen LogP contribution in [0, 0.1) is 5.92 Å². The van der Waals surface area contributed by atoms with Crippen LogP contribution in [0.3, 0.4) is 0 Å². The molecule has 2 aromatic heterocycles. The minimum atomic E-state index is -0.289. The molecule has 146 valence electrons. The molecular weight excluding hydrogens is 354 g/mol. The third-order valence-corrected chi connectivity index (χ3v) is 6.26. The first kappa shape index (κ1) is 17.5. The normalized spacial score (nSPS) is 22.6. The third kappa shape index (κ3) is 3.01. The van der Waals surface area contributed by atoms with Gasteiger partial charge < -0.3 is 9.32 Å². The monoisotopic (exact) mass is 379 g/mol. The lowest BCUT2D eigenvalue weighted by Gasteiger charge is -2.36. The van der Waals surface area contributed by atoms with Crippen molar-refractivity contribution in [3.63, 3.8) is 0 Å².